The number of carbonyl (C=O) groups excluding carboxylic acids is 1. The zero-order valence-corrected chi connectivity index (χ0v) is 14.9. The highest BCUT2D eigenvalue weighted by molar-refractivity contribution is 5.65. The fourth-order valence-corrected chi connectivity index (χ4v) is 3.31. The highest BCUT2D eigenvalue weighted by Gasteiger charge is 2.38. The average molecular weight is 354 g/mol. The van der Waals surface area contributed by atoms with Crippen LogP contribution < -0.4 is 16.0 Å². The van der Waals surface area contributed by atoms with E-state index in [1.54, 1.807) is 24.8 Å². The Morgan fingerprint density at radius 2 is 1.65 bits per heavy atom. The number of hydrogen-bond donors (Lipinski definition) is 3. The Hall–Kier alpha value is -2.51. The molecule has 3 heterocycles. The Balaban J connectivity index is 1.54. The monoisotopic (exact) mass is 354 g/mol. The summed E-state index contributed by atoms with van der Waals surface area (Å²) >= 11 is 0. The molecule has 0 amide bonds. The minimum atomic E-state index is -0.474. The van der Waals surface area contributed by atoms with Crippen LogP contribution in [0.1, 0.15) is 6.42 Å². The van der Waals surface area contributed by atoms with Crippen molar-refractivity contribution in [3.05, 3.63) is 49.1 Å². The molecule has 1 aliphatic heterocycles. The summed E-state index contributed by atoms with van der Waals surface area (Å²) < 4.78 is 0. The molecule has 7 nitrogen and oxygen atoms in total. The topological polar surface area (TPSA) is 82.2 Å². The molecule has 138 valence electrons. The van der Waals surface area contributed by atoms with Crippen molar-refractivity contribution in [2.75, 3.05) is 49.9 Å². The number of aromatic nitrogens is 2. The van der Waals surface area contributed by atoms with Gasteiger partial charge in [0.15, 0.2) is 0 Å². The van der Waals surface area contributed by atoms with Crippen LogP contribution in [0.5, 0.6) is 0 Å². The Labute approximate surface area is 154 Å². The number of hydrogen-bond acceptors (Lipinski definition) is 7. The van der Waals surface area contributed by atoms with Gasteiger partial charge in [-0.2, -0.15) is 0 Å². The third-order valence-electron chi connectivity index (χ3n) is 4.80. The number of carbonyl (C=O) groups is 1. The largest absolute Gasteiger partial charge is 0.385 e. The van der Waals surface area contributed by atoms with Crippen molar-refractivity contribution < 1.29 is 4.79 Å². The molecule has 7 heteroatoms. The van der Waals surface area contributed by atoms with Crippen molar-refractivity contribution in [1.82, 2.24) is 20.2 Å². The van der Waals surface area contributed by atoms with Gasteiger partial charge >= 0.3 is 0 Å². The first-order valence-corrected chi connectivity index (χ1v) is 9.02. The number of aldehydes is 1. The van der Waals surface area contributed by atoms with E-state index >= 15 is 0 Å². The second-order valence-corrected chi connectivity index (χ2v) is 6.46. The van der Waals surface area contributed by atoms with Gasteiger partial charge < -0.3 is 20.7 Å². The molecule has 1 atom stereocenters. The maximum absolute atomic E-state index is 12.0. The smallest absolute Gasteiger partial charge is 0.141 e. The molecule has 0 saturated carbocycles. The Kier molecular flexibility index (Phi) is 6.51. The predicted octanol–water partition coefficient (Wildman–Crippen LogP) is 1.23. The maximum atomic E-state index is 12.0. The standard InChI is InChI=1S/C19H26N6O/c26-16-19(5-10-23-17-1-6-20-7-2-17)15-22-11-13-25(19)14-12-24-18-3-8-21-9-4-18/h1-4,6-9,16,22H,5,10-15H2,(H,20,23)(H,21,24). The van der Waals surface area contributed by atoms with Gasteiger partial charge in [0.2, 0.25) is 0 Å². The van der Waals surface area contributed by atoms with Gasteiger partial charge in [0.25, 0.3) is 0 Å². The molecule has 0 aliphatic carbocycles. The highest BCUT2D eigenvalue weighted by atomic mass is 16.1. The van der Waals surface area contributed by atoms with Gasteiger partial charge in [0, 0.05) is 75.4 Å². The van der Waals surface area contributed by atoms with Crippen molar-refractivity contribution in [3.63, 3.8) is 0 Å². The van der Waals surface area contributed by atoms with E-state index in [2.05, 4.69) is 30.8 Å². The molecule has 26 heavy (non-hydrogen) atoms. The van der Waals surface area contributed by atoms with E-state index in [1.807, 2.05) is 24.3 Å². The van der Waals surface area contributed by atoms with Gasteiger partial charge in [-0.15, -0.1) is 0 Å². The first-order valence-electron chi connectivity index (χ1n) is 9.02. The summed E-state index contributed by atoms with van der Waals surface area (Å²) in [5.74, 6) is 0. The van der Waals surface area contributed by atoms with Crippen LogP contribution in [-0.2, 0) is 4.79 Å². The number of anilines is 2. The van der Waals surface area contributed by atoms with Crippen molar-refractivity contribution in [2.24, 2.45) is 0 Å². The Bertz CT molecular complexity index is 668. The second-order valence-electron chi connectivity index (χ2n) is 6.46. The Morgan fingerprint density at radius 1 is 1.04 bits per heavy atom. The lowest BCUT2D eigenvalue weighted by atomic mass is 9.92. The van der Waals surface area contributed by atoms with Crippen LogP contribution in [0, 0.1) is 0 Å². The van der Waals surface area contributed by atoms with Crippen LogP contribution in [0.15, 0.2) is 49.1 Å². The van der Waals surface area contributed by atoms with Gasteiger partial charge in [0.1, 0.15) is 6.29 Å². The molecule has 2 aromatic rings. The first-order chi connectivity index (χ1) is 12.8. The lowest BCUT2D eigenvalue weighted by Crippen LogP contribution is -2.63. The summed E-state index contributed by atoms with van der Waals surface area (Å²) in [5.41, 5.74) is 1.60. The number of piperazine rings is 1. The fourth-order valence-electron chi connectivity index (χ4n) is 3.31. The normalized spacial score (nSPS) is 20.5. The summed E-state index contributed by atoms with van der Waals surface area (Å²) in [6, 6.07) is 7.76. The summed E-state index contributed by atoms with van der Waals surface area (Å²) in [4.78, 5) is 22.4. The van der Waals surface area contributed by atoms with Gasteiger partial charge in [-0.1, -0.05) is 0 Å². The molecule has 3 rings (SSSR count). The zero-order valence-electron chi connectivity index (χ0n) is 14.9. The summed E-state index contributed by atoms with van der Waals surface area (Å²) in [7, 11) is 0. The molecular formula is C19H26N6O. The van der Waals surface area contributed by atoms with E-state index in [0.717, 1.165) is 56.8 Å². The predicted molar refractivity (Wildman–Crippen MR) is 103 cm³/mol. The lowest BCUT2D eigenvalue weighted by Gasteiger charge is -2.44. The van der Waals surface area contributed by atoms with Gasteiger partial charge in [-0.05, 0) is 30.7 Å². The summed E-state index contributed by atoms with van der Waals surface area (Å²) in [6.07, 6.45) is 8.93. The average Bonchev–Trinajstić information content (AvgIpc) is 2.71. The van der Waals surface area contributed by atoms with E-state index in [9.17, 15) is 4.79 Å². The number of nitrogens with one attached hydrogen (secondary N) is 3. The molecule has 0 radical (unpaired) electrons. The molecule has 3 N–H and O–H groups in total. The molecule has 0 bridgehead atoms. The summed E-state index contributed by atoms with van der Waals surface area (Å²) in [5, 5.41) is 10.1. The van der Waals surface area contributed by atoms with E-state index in [4.69, 9.17) is 0 Å². The van der Waals surface area contributed by atoms with E-state index in [1.165, 1.54) is 0 Å². The molecule has 1 aliphatic rings. The number of pyridine rings is 2. The van der Waals surface area contributed by atoms with Crippen LogP contribution in [-0.4, -0.2) is 66.0 Å². The minimum Gasteiger partial charge on any atom is -0.385 e. The van der Waals surface area contributed by atoms with Crippen LogP contribution in [0.25, 0.3) is 0 Å². The summed E-state index contributed by atoms with van der Waals surface area (Å²) in [6.45, 7) is 4.80. The quantitative estimate of drug-likeness (QED) is 0.584. The van der Waals surface area contributed by atoms with Gasteiger partial charge in [-0.3, -0.25) is 14.9 Å². The molecule has 0 aromatic carbocycles. The van der Waals surface area contributed by atoms with E-state index in [0.29, 0.717) is 6.54 Å². The van der Waals surface area contributed by atoms with E-state index in [-0.39, 0.29) is 0 Å². The van der Waals surface area contributed by atoms with Crippen LogP contribution in [0.2, 0.25) is 0 Å². The third kappa shape index (κ3) is 4.77. The van der Waals surface area contributed by atoms with Crippen LogP contribution >= 0.6 is 0 Å². The molecule has 1 saturated heterocycles. The van der Waals surface area contributed by atoms with Crippen LogP contribution in [0.4, 0.5) is 11.4 Å². The van der Waals surface area contributed by atoms with Crippen molar-refractivity contribution in [1.29, 1.82) is 0 Å². The molecule has 1 fully saturated rings. The first kappa shape index (κ1) is 18.3. The minimum absolute atomic E-state index is 0.474. The van der Waals surface area contributed by atoms with Crippen molar-refractivity contribution >= 4 is 17.7 Å². The molecule has 0 spiro atoms. The van der Waals surface area contributed by atoms with Crippen LogP contribution in [0.3, 0.4) is 0 Å². The maximum Gasteiger partial charge on any atom is 0.141 e. The third-order valence-corrected chi connectivity index (χ3v) is 4.80. The molecule has 2 aromatic heterocycles. The van der Waals surface area contributed by atoms with Crippen molar-refractivity contribution in [2.45, 2.75) is 12.0 Å². The van der Waals surface area contributed by atoms with Crippen molar-refractivity contribution in [3.8, 4) is 0 Å². The number of rotatable bonds is 9. The Morgan fingerprint density at radius 3 is 2.27 bits per heavy atom. The van der Waals surface area contributed by atoms with E-state index < -0.39 is 5.54 Å². The number of nitrogens with zero attached hydrogens (tertiary/aromatic N) is 3. The fraction of sp³-hybridized carbons (Fsp3) is 0.421. The lowest BCUT2D eigenvalue weighted by molar-refractivity contribution is -0.120. The highest BCUT2D eigenvalue weighted by Crippen LogP contribution is 2.20. The molecule has 1 unspecified atom stereocenters. The SMILES string of the molecule is O=CC1(CCNc2ccncc2)CNCCN1CCNc1ccncc1. The van der Waals surface area contributed by atoms with Gasteiger partial charge in [-0.25, -0.2) is 0 Å². The second kappa shape index (κ2) is 9.26. The molecular weight excluding hydrogens is 328 g/mol. The van der Waals surface area contributed by atoms with Gasteiger partial charge in [0.05, 0.1) is 5.54 Å². The zero-order chi connectivity index (χ0) is 18.1.